The molecule has 7 heavy (non-hydrogen) atoms. The van der Waals surface area contributed by atoms with E-state index in [0.717, 1.165) is 12.5 Å². The lowest BCUT2D eigenvalue weighted by molar-refractivity contribution is -0.0763. The second-order valence-electron chi connectivity index (χ2n) is 2.44. The van der Waals surface area contributed by atoms with Gasteiger partial charge in [-0.3, -0.25) is 0 Å². The lowest BCUT2D eigenvalue weighted by Gasteiger charge is -2.29. The summed E-state index contributed by atoms with van der Waals surface area (Å²) in [5, 5.41) is 0. The van der Waals surface area contributed by atoms with Crippen molar-refractivity contribution in [1.82, 2.24) is 0 Å². The summed E-state index contributed by atoms with van der Waals surface area (Å²) in [4.78, 5) is 0. The van der Waals surface area contributed by atoms with Crippen LogP contribution in [0.3, 0.4) is 0 Å². The monoisotopic (exact) mass is 100 g/mol. The molecule has 0 aliphatic carbocycles. The number of hydrogen-bond donors (Lipinski definition) is 0. The van der Waals surface area contributed by atoms with Crippen molar-refractivity contribution < 1.29 is 4.74 Å². The Morgan fingerprint density at radius 2 is 2.14 bits per heavy atom. The molecule has 1 aliphatic heterocycles. The van der Waals surface area contributed by atoms with Crippen LogP contribution in [0, 0.1) is 5.92 Å². The van der Waals surface area contributed by atoms with Gasteiger partial charge in [0.1, 0.15) is 0 Å². The van der Waals surface area contributed by atoms with Gasteiger partial charge in [-0.15, -0.1) is 0 Å². The van der Waals surface area contributed by atoms with Crippen molar-refractivity contribution in [2.75, 3.05) is 6.61 Å². The zero-order valence-electron chi connectivity index (χ0n) is 4.98. The number of rotatable bonds is 1. The molecule has 0 amide bonds. The largest absolute Gasteiger partial charge is 0.378 e. The molecule has 0 bridgehead atoms. The summed E-state index contributed by atoms with van der Waals surface area (Å²) in [5.74, 6) is 0.730. The molecular weight excluding hydrogens is 88.1 g/mol. The molecule has 0 aromatic carbocycles. The van der Waals surface area contributed by atoms with E-state index in [1.54, 1.807) is 0 Å². The van der Waals surface area contributed by atoms with E-state index < -0.39 is 0 Å². The Morgan fingerprint density at radius 3 is 2.14 bits per heavy atom. The molecule has 42 valence electrons. The zero-order valence-corrected chi connectivity index (χ0v) is 4.98. The Hall–Kier alpha value is -0.0400. The molecule has 0 aromatic rings. The van der Waals surface area contributed by atoms with Crippen molar-refractivity contribution in [3.8, 4) is 0 Å². The Balaban J connectivity index is 2.14. The van der Waals surface area contributed by atoms with Crippen molar-refractivity contribution in [2.24, 2.45) is 5.92 Å². The zero-order chi connectivity index (χ0) is 5.28. The van der Waals surface area contributed by atoms with Gasteiger partial charge >= 0.3 is 0 Å². The fourth-order valence-electron chi connectivity index (χ4n) is 0.780. The Labute approximate surface area is 44.7 Å². The predicted molar refractivity (Wildman–Crippen MR) is 29.2 cm³/mol. The molecule has 0 aromatic heterocycles. The van der Waals surface area contributed by atoms with Crippen LogP contribution in [0.15, 0.2) is 0 Å². The first kappa shape index (κ1) is 5.10. The molecule has 1 atom stereocenters. The van der Waals surface area contributed by atoms with Gasteiger partial charge in [-0.1, -0.05) is 13.8 Å². The molecule has 1 heterocycles. The van der Waals surface area contributed by atoms with Gasteiger partial charge in [-0.25, -0.2) is 0 Å². The van der Waals surface area contributed by atoms with E-state index in [0.29, 0.717) is 6.10 Å². The molecule has 0 saturated carbocycles. The molecule has 0 radical (unpaired) electrons. The maximum absolute atomic E-state index is 5.19. The molecule has 0 N–H and O–H groups in total. The van der Waals surface area contributed by atoms with Crippen LogP contribution in [-0.4, -0.2) is 12.7 Å². The van der Waals surface area contributed by atoms with E-state index in [4.69, 9.17) is 4.74 Å². The standard InChI is InChI=1S/C6H12O/c1-5(2)6-3-4-7-6/h5-6H,3-4H2,1-2H3/t6-/m0/s1. The molecule has 0 unspecified atom stereocenters. The first-order valence-electron chi connectivity index (χ1n) is 2.92. The molecule has 1 aliphatic rings. The van der Waals surface area contributed by atoms with E-state index in [1.807, 2.05) is 0 Å². The maximum atomic E-state index is 5.19. The molecule has 1 rings (SSSR count). The van der Waals surface area contributed by atoms with Crippen molar-refractivity contribution in [3.05, 3.63) is 0 Å². The highest BCUT2D eigenvalue weighted by Crippen LogP contribution is 2.18. The van der Waals surface area contributed by atoms with Crippen LogP contribution in [0.4, 0.5) is 0 Å². The minimum atomic E-state index is 0.583. The highest BCUT2D eigenvalue weighted by Gasteiger charge is 2.20. The third kappa shape index (κ3) is 0.942. The van der Waals surface area contributed by atoms with Crippen LogP contribution in [0.2, 0.25) is 0 Å². The minimum Gasteiger partial charge on any atom is -0.378 e. The third-order valence-electron chi connectivity index (χ3n) is 1.48. The molecule has 1 heteroatoms. The van der Waals surface area contributed by atoms with E-state index in [9.17, 15) is 0 Å². The molecular formula is C6H12O. The Morgan fingerprint density at radius 1 is 1.57 bits per heavy atom. The van der Waals surface area contributed by atoms with E-state index >= 15 is 0 Å². The van der Waals surface area contributed by atoms with Crippen LogP contribution in [0.5, 0.6) is 0 Å². The van der Waals surface area contributed by atoms with Crippen LogP contribution < -0.4 is 0 Å². The Kier molecular flexibility index (Phi) is 1.33. The summed E-state index contributed by atoms with van der Waals surface area (Å²) >= 11 is 0. The highest BCUT2D eigenvalue weighted by atomic mass is 16.5. The summed E-state index contributed by atoms with van der Waals surface area (Å²) < 4.78 is 5.19. The Bertz CT molecular complexity index is 55.2. The average molecular weight is 100 g/mol. The molecule has 1 nitrogen and oxygen atoms in total. The predicted octanol–water partition coefficient (Wildman–Crippen LogP) is 1.43. The quantitative estimate of drug-likeness (QED) is 0.484. The SMILES string of the molecule is CC(C)[C@@H]1CCO1. The fraction of sp³-hybridized carbons (Fsp3) is 1.00. The summed E-state index contributed by atoms with van der Waals surface area (Å²) in [7, 11) is 0. The maximum Gasteiger partial charge on any atom is 0.0619 e. The van der Waals surface area contributed by atoms with Gasteiger partial charge in [0, 0.05) is 6.61 Å². The number of ether oxygens (including phenoxy) is 1. The summed E-state index contributed by atoms with van der Waals surface area (Å²) in [5.41, 5.74) is 0. The van der Waals surface area contributed by atoms with E-state index in [2.05, 4.69) is 13.8 Å². The molecule has 1 fully saturated rings. The molecule has 0 spiro atoms. The third-order valence-corrected chi connectivity index (χ3v) is 1.48. The highest BCUT2D eigenvalue weighted by molar-refractivity contribution is 4.68. The first-order valence-corrected chi connectivity index (χ1v) is 2.92. The van der Waals surface area contributed by atoms with Crippen molar-refractivity contribution in [2.45, 2.75) is 26.4 Å². The summed E-state index contributed by atoms with van der Waals surface area (Å²) in [6, 6.07) is 0. The summed E-state index contributed by atoms with van der Waals surface area (Å²) in [6.07, 6.45) is 1.86. The van der Waals surface area contributed by atoms with E-state index in [-0.39, 0.29) is 0 Å². The fourth-order valence-corrected chi connectivity index (χ4v) is 0.780. The van der Waals surface area contributed by atoms with Gasteiger partial charge in [0.2, 0.25) is 0 Å². The normalized spacial score (nSPS) is 30.4. The second-order valence-corrected chi connectivity index (χ2v) is 2.44. The minimum absolute atomic E-state index is 0.583. The van der Waals surface area contributed by atoms with Crippen LogP contribution in [-0.2, 0) is 4.74 Å². The first-order chi connectivity index (χ1) is 3.30. The van der Waals surface area contributed by atoms with Crippen molar-refractivity contribution in [3.63, 3.8) is 0 Å². The van der Waals surface area contributed by atoms with Gasteiger partial charge in [0.25, 0.3) is 0 Å². The van der Waals surface area contributed by atoms with E-state index in [1.165, 1.54) is 6.42 Å². The average Bonchev–Trinajstić information content (AvgIpc) is 1.23. The lowest BCUT2D eigenvalue weighted by atomic mass is 10.0. The van der Waals surface area contributed by atoms with Gasteiger partial charge in [0.15, 0.2) is 0 Å². The van der Waals surface area contributed by atoms with Crippen LogP contribution >= 0.6 is 0 Å². The topological polar surface area (TPSA) is 9.23 Å². The van der Waals surface area contributed by atoms with Crippen LogP contribution in [0.1, 0.15) is 20.3 Å². The van der Waals surface area contributed by atoms with Gasteiger partial charge < -0.3 is 4.74 Å². The lowest BCUT2D eigenvalue weighted by Crippen LogP contribution is -2.31. The number of hydrogen-bond acceptors (Lipinski definition) is 1. The van der Waals surface area contributed by atoms with Gasteiger partial charge in [-0.2, -0.15) is 0 Å². The van der Waals surface area contributed by atoms with Crippen LogP contribution in [0.25, 0.3) is 0 Å². The van der Waals surface area contributed by atoms with Gasteiger partial charge in [-0.05, 0) is 12.3 Å². The smallest absolute Gasteiger partial charge is 0.0619 e. The second kappa shape index (κ2) is 1.83. The van der Waals surface area contributed by atoms with Crippen molar-refractivity contribution in [1.29, 1.82) is 0 Å². The van der Waals surface area contributed by atoms with Crippen molar-refractivity contribution >= 4 is 0 Å². The van der Waals surface area contributed by atoms with Gasteiger partial charge in [0.05, 0.1) is 6.10 Å². The summed E-state index contributed by atoms with van der Waals surface area (Å²) in [6.45, 7) is 5.39. The molecule has 1 saturated heterocycles.